The van der Waals surface area contributed by atoms with Gasteiger partial charge in [-0.2, -0.15) is 4.72 Å². The van der Waals surface area contributed by atoms with E-state index in [-0.39, 0.29) is 10.0 Å². The summed E-state index contributed by atoms with van der Waals surface area (Å²) in [7, 11) is -3.71. The molecule has 0 radical (unpaired) electrons. The number of nitrogens with two attached hydrogens (primary N) is 1. The molecule has 0 aliphatic heterocycles. The number of nitrogens with zero attached hydrogens (tertiary/aromatic N) is 2. The van der Waals surface area contributed by atoms with Crippen molar-refractivity contribution in [3.63, 3.8) is 0 Å². The largest absolute Gasteiger partial charge is 0.392 e. The van der Waals surface area contributed by atoms with Crippen LogP contribution in [0.15, 0.2) is 11.2 Å². The number of imidazole rings is 1. The third-order valence-corrected chi connectivity index (χ3v) is 5.63. The van der Waals surface area contributed by atoms with Crippen molar-refractivity contribution < 1.29 is 8.42 Å². The Morgan fingerprint density at radius 2 is 2.15 bits per heavy atom. The molecule has 3 N–H and O–H groups in total. The highest BCUT2D eigenvalue weighted by molar-refractivity contribution is 7.89. The number of aryl methyl sites for hydroxylation is 2. The summed E-state index contributed by atoms with van der Waals surface area (Å²) >= 11 is 5.06. The maximum Gasteiger partial charge on any atom is 0.260 e. The van der Waals surface area contributed by atoms with Gasteiger partial charge in [0.05, 0.1) is 10.5 Å². The highest BCUT2D eigenvalue weighted by Crippen LogP contribution is 2.31. The maximum atomic E-state index is 12.5. The van der Waals surface area contributed by atoms with E-state index in [1.54, 1.807) is 17.7 Å². The summed E-state index contributed by atoms with van der Waals surface area (Å²) in [5, 5.41) is 0.0272. The monoisotopic (exact) mass is 316 g/mol. The molecule has 0 amide bonds. The summed E-state index contributed by atoms with van der Waals surface area (Å²) < 4.78 is 29.4. The van der Waals surface area contributed by atoms with E-state index < -0.39 is 15.6 Å². The highest BCUT2D eigenvalue weighted by Gasteiger charge is 2.41. The molecule has 1 aromatic rings. The average molecular weight is 316 g/mol. The summed E-state index contributed by atoms with van der Waals surface area (Å²) in [5.74, 6) is 0.670. The number of hydrogen-bond acceptors (Lipinski definition) is 4. The molecule has 6 nitrogen and oxygen atoms in total. The van der Waals surface area contributed by atoms with E-state index >= 15 is 0 Å². The smallest absolute Gasteiger partial charge is 0.260 e. The average Bonchev–Trinajstić information content (AvgIpc) is 2.96. The van der Waals surface area contributed by atoms with Gasteiger partial charge in [-0.1, -0.05) is 25.1 Å². The van der Waals surface area contributed by atoms with Crippen LogP contribution in [0, 0.1) is 6.92 Å². The van der Waals surface area contributed by atoms with Crippen LogP contribution in [0.25, 0.3) is 0 Å². The summed E-state index contributed by atoms with van der Waals surface area (Å²) in [6.07, 6.45) is 4.68. The molecule has 1 aliphatic carbocycles. The molecule has 1 aromatic heterocycles. The number of rotatable bonds is 5. The van der Waals surface area contributed by atoms with Gasteiger partial charge in [0.25, 0.3) is 10.0 Å². The van der Waals surface area contributed by atoms with Gasteiger partial charge in [0.2, 0.25) is 0 Å². The normalized spacial score (nSPS) is 18.3. The van der Waals surface area contributed by atoms with Crippen molar-refractivity contribution in [2.24, 2.45) is 5.73 Å². The molecule has 0 unspecified atom stereocenters. The molecule has 1 aliphatic rings. The zero-order valence-electron chi connectivity index (χ0n) is 11.7. The van der Waals surface area contributed by atoms with Crippen molar-refractivity contribution in [1.82, 2.24) is 14.3 Å². The van der Waals surface area contributed by atoms with Gasteiger partial charge in [0.1, 0.15) is 5.82 Å². The number of aromatic nitrogens is 2. The van der Waals surface area contributed by atoms with Crippen molar-refractivity contribution in [2.75, 3.05) is 0 Å². The molecular formula is C12H20N4O2S2. The summed E-state index contributed by atoms with van der Waals surface area (Å²) in [4.78, 5) is 4.33. The minimum Gasteiger partial charge on any atom is -0.392 e. The summed E-state index contributed by atoms with van der Waals surface area (Å²) in [6, 6.07) is 0. The fraction of sp³-hybridized carbons (Fsp3) is 0.667. The number of thiocarbonyl (C=S) groups is 1. The van der Waals surface area contributed by atoms with Crippen LogP contribution < -0.4 is 10.5 Å². The third-order valence-electron chi connectivity index (χ3n) is 3.83. The lowest BCUT2D eigenvalue weighted by molar-refractivity contribution is 0.501. The first-order valence-electron chi connectivity index (χ1n) is 6.68. The van der Waals surface area contributed by atoms with Gasteiger partial charge in [-0.05, 0) is 26.7 Å². The molecule has 0 spiro atoms. The van der Waals surface area contributed by atoms with Gasteiger partial charge in [-0.25, -0.2) is 13.4 Å². The molecule has 2 rings (SSSR count). The van der Waals surface area contributed by atoms with E-state index in [9.17, 15) is 8.42 Å². The van der Waals surface area contributed by atoms with Crippen molar-refractivity contribution >= 4 is 27.2 Å². The quantitative estimate of drug-likeness (QED) is 0.794. The van der Waals surface area contributed by atoms with E-state index in [2.05, 4.69) is 9.71 Å². The lowest BCUT2D eigenvalue weighted by atomic mass is 10.00. The zero-order valence-corrected chi connectivity index (χ0v) is 13.4. The second kappa shape index (κ2) is 5.42. The fourth-order valence-electron chi connectivity index (χ4n) is 2.62. The number of sulfonamides is 1. The van der Waals surface area contributed by atoms with Crippen LogP contribution in [0.4, 0.5) is 0 Å². The van der Waals surface area contributed by atoms with Gasteiger partial charge in [-0.15, -0.1) is 0 Å². The van der Waals surface area contributed by atoms with Gasteiger partial charge < -0.3 is 10.3 Å². The second-order valence-electron chi connectivity index (χ2n) is 5.17. The highest BCUT2D eigenvalue weighted by atomic mass is 32.2. The van der Waals surface area contributed by atoms with Crippen molar-refractivity contribution in [2.45, 2.75) is 56.6 Å². The van der Waals surface area contributed by atoms with E-state index in [1.807, 2.05) is 6.92 Å². The van der Waals surface area contributed by atoms with Crippen LogP contribution >= 0.6 is 12.2 Å². The molecule has 0 saturated heterocycles. The molecule has 8 heteroatoms. The zero-order chi connectivity index (χ0) is 15.0. The van der Waals surface area contributed by atoms with Crippen LogP contribution in [0.3, 0.4) is 0 Å². The number of hydrogen-bond donors (Lipinski definition) is 2. The first-order chi connectivity index (χ1) is 9.31. The molecule has 1 heterocycles. The first-order valence-corrected chi connectivity index (χ1v) is 8.57. The fourth-order valence-corrected chi connectivity index (χ4v) is 4.39. The van der Waals surface area contributed by atoms with Crippen LogP contribution in [-0.2, 0) is 16.6 Å². The minimum atomic E-state index is -3.71. The van der Waals surface area contributed by atoms with E-state index in [0.29, 0.717) is 25.2 Å². The van der Waals surface area contributed by atoms with E-state index in [4.69, 9.17) is 18.0 Å². The van der Waals surface area contributed by atoms with E-state index in [1.165, 1.54) is 0 Å². The Morgan fingerprint density at radius 1 is 1.55 bits per heavy atom. The Morgan fingerprint density at radius 3 is 2.60 bits per heavy atom. The standard InChI is InChI=1S/C12H20N4O2S2/c1-3-16-8-10(14-9(16)2)20(17,18)15-12(11(13)19)6-4-5-7-12/h8,15H,3-7H2,1-2H3,(H2,13,19). The molecule has 20 heavy (non-hydrogen) atoms. The Hall–Kier alpha value is -0.990. The lowest BCUT2D eigenvalue weighted by Crippen LogP contribution is -2.54. The van der Waals surface area contributed by atoms with Crippen molar-refractivity contribution in [3.8, 4) is 0 Å². The number of nitrogens with one attached hydrogen (secondary N) is 1. The predicted octanol–water partition coefficient (Wildman–Crippen LogP) is 1.09. The van der Waals surface area contributed by atoms with Crippen molar-refractivity contribution in [3.05, 3.63) is 12.0 Å². The predicted molar refractivity (Wildman–Crippen MR) is 80.9 cm³/mol. The van der Waals surface area contributed by atoms with Crippen LogP contribution in [0.2, 0.25) is 0 Å². The Labute approximate surface area is 124 Å². The first kappa shape index (κ1) is 15.4. The SMILES string of the molecule is CCn1cc(S(=O)(=O)NC2(C(N)=S)CCCC2)nc1C. The molecule has 0 aromatic carbocycles. The lowest BCUT2D eigenvalue weighted by Gasteiger charge is -2.28. The molecule has 0 bridgehead atoms. The van der Waals surface area contributed by atoms with Crippen LogP contribution in [0.1, 0.15) is 38.4 Å². The topological polar surface area (TPSA) is 90.0 Å². The maximum absolute atomic E-state index is 12.5. The molecule has 112 valence electrons. The van der Waals surface area contributed by atoms with Gasteiger partial charge >= 0.3 is 0 Å². The third kappa shape index (κ3) is 2.72. The van der Waals surface area contributed by atoms with Gasteiger partial charge in [-0.3, -0.25) is 0 Å². The van der Waals surface area contributed by atoms with Crippen molar-refractivity contribution in [1.29, 1.82) is 0 Å². The Bertz CT molecular complexity index is 615. The molecule has 0 atom stereocenters. The Kier molecular flexibility index (Phi) is 4.17. The summed E-state index contributed by atoms with van der Waals surface area (Å²) in [5.41, 5.74) is 4.96. The molecule has 1 fully saturated rings. The van der Waals surface area contributed by atoms with Crippen LogP contribution in [0.5, 0.6) is 0 Å². The van der Waals surface area contributed by atoms with Crippen LogP contribution in [-0.4, -0.2) is 28.5 Å². The second-order valence-corrected chi connectivity index (χ2v) is 7.24. The minimum absolute atomic E-state index is 0.0272. The summed E-state index contributed by atoms with van der Waals surface area (Å²) in [6.45, 7) is 4.39. The Balaban J connectivity index is 2.32. The molecular weight excluding hydrogens is 296 g/mol. The molecule has 1 saturated carbocycles. The van der Waals surface area contributed by atoms with Gasteiger partial charge in [0, 0.05) is 12.7 Å². The van der Waals surface area contributed by atoms with Gasteiger partial charge in [0.15, 0.2) is 5.03 Å². The van der Waals surface area contributed by atoms with E-state index in [0.717, 1.165) is 12.8 Å².